The molecule has 0 fully saturated rings. The molecule has 0 aliphatic carbocycles. The Balaban J connectivity index is 1.52. The van der Waals surface area contributed by atoms with Gasteiger partial charge in [0.1, 0.15) is 11.3 Å². The Morgan fingerprint density at radius 2 is 1.90 bits per heavy atom. The van der Waals surface area contributed by atoms with E-state index in [1.807, 2.05) is 0 Å². The molecule has 7 nitrogen and oxygen atoms in total. The van der Waals surface area contributed by atoms with E-state index in [1.165, 1.54) is 12.1 Å². The Morgan fingerprint density at radius 3 is 2.69 bits per heavy atom. The Morgan fingerprint density at radius 1 is 1.10 bits per heavy atom. The molecular formula is C20H15Cl2NO6. The summed E-state index contributed by atoms with van der Waals surface area (Å²) in [4.78, 5) is 35.2. The van der Waals surface area contributed by atoms with Gasteiger partial charge in [-0.15, -0.1) is 0 Å². The summed E-state index contributed by atoms with van der Waals surface area (Å²) in [6.45, 7) is 0.850. The fourth-order valence-corrected chi connectivity index (χ4v) is 2.86. The summed E-state index contributed by atoms with van der Waals surface area (Å²) >= 11 is 11.8. The third kappa shape index (κ3) is 5.28. The van der Waals surface area contributed by atoms with Gasteiger partial charge in [0.25, 0.3) is 5.91 Å². The molecule has 0 saturated heterocycles. The van der Waals surface area contributed by atoms with Crippen LogP contribution >= 0.6 is 23.2 Å². The van der Waals surface area contributed by atoms with Gasteiger partial charge < -0.3 is 19.2 Å². The molecule has 0 saturated carbocycles. The van der Waals surface area contributed by atoms with Gasteiger partial charge in [0.05, 0.1) is 15.7 Å². The van der Waals surface area contributed by atoms with Crippen LogP contribution in [0.3, 0.4) is 0 Å². The Bertz CT molecular complexity index is 1140. The molecule has 0 aliphatic heterocycles. The first-order valence-electron chi connectivity index (χ1n) is 8.40. The lowest BCUT2D eigenvalue weighted by molar-refractivity contribution is -0.149. The van der Waals surface area contributed by atoms with Crippen LogP contribution in [0.5, 0.6) is 5.75 Å². The van der Waals surface area contributed by atoms with E-state index in [9.17, 15) is 14.4 Å². The van der Waals surface area contributed by atoms with Crippen LogP contribution in [0.1, 0.15) is 5.56 Å². The summed E-state index contributed by atoms with van der Waals surface area (Å²) in [5, 5.41) is 3.73. The lowest BCUT2D eigenvalue weighted by atomic mass is 10.1. The molecule has 1 N–H and O–H groups in total. The number of aryl methyl sites for hydroxylation is 1. The zero-order chi connectivity index (χ0) is 21.0. The third-order valence-electron chi connectivity index (χ3n) is 3.87. The maximum Gasteiger partial charge on any atom is 0.344 e. The summed E-state index contributed by atoms with van der Waals surface area (Å²) in [6, 6.07) is 11.0. The number of carbonyl (C=O) groups excluding carboxylic acids is 2. The van der Waals surface area contributed by atoms with E-state index in [1.54, 1.807) is 37.3 Å². The summed E-state index contributed by atoms with van der Waals surface area (Å²) in [5.41, 5.74) is 0.952. The lowest BCUT2D eigenvalue weighted by Crippen LogP contribution is -2.23. The topological polar surface area (TPSA) is 94.8 Å². The fourth-order valence-electron chi connectivity index (χ4n) is 2.51. The van der Waals surface area contributed by atoms with Crippen molar-refractivity contribution >= 4 is 51.7 Å². The van der Waals surface area contributed by atoms with E-state index in [2.05, 4.69) is 5.32 Å². The highest BCUT2D eigenvalue weighted by molar-refractivity contribution is 6.44. The standard InChI is InChI=1S/C20H15Cl2NO6/c1-11-7-18(25)29-16-8-12(5-6-13(11)16)27-10-19(26)28-9-17(24)23-15-4-2-3-14(21)20(15)22/h2-8H,9-10H2,1H3,(H,23,24). The van der Waals surface area contributed by atoms with Crippen molar-refractivity contribution < 1.29 is 23.5 Å². The molecule has 150 valence electrons. The van der Waals surface area contributed by atoms with Crippen molar-refractivity contribution in [1.82, 2.24) is 0 Å². The Hall–Kier alpha value is -3.03. The van der Waals surface area contributed by atoms with Crippen LogP contribution < -0.4 is 15.7 Å². The minimum absolute atomic E-state index is 0.190. The van der Waals surface area contributed by atoms with Gasteiger partial charge in [-0.2, -0.15) is 0 Å². The maximum absolute atomic E-state index is 11.9. The van der Waals surface area contributed by atoms with Crippen molar-refractivity contribution in [2.75, 3.05) is 18.5 Å². The number of fused-ring (bicyclic) bond motifs is 1. The number of nitrogens with one attached hydrogen (secondary N) is 1. The van der Waals surface area contributed by atoms with Gasteiger partial charge in [0.15, 0.2) is 13.2 Å². The summed E-state index contributed by atoms with van der Waals surface area (Å²) in [7, 11) is 0. The summed E-state index contributed by atoms with van der Waals surface area (Å²) in [5.74, 6) is -1.01. The monoisotopic (exact) mass is 435 g/mol. The number of rotatable bonds is 6. The molecule has 1 heterocycles. The number of ether oxygens (including phenoxy) is 2. The van der Waals surface area contributed by atoms with E-state index >= 15 is 0 Å². The van der Waals surface area contributed by atoms with Gasteiger partial charge in [0.2, 0.25) is 0 Å². The van der Waals surface area contributed by atoms with Crippen LogP contribution in [0.15, 0.2) is 51.7 Å². The maximum atomic E-state index is 11.9. The van der Waals surface area contributed by atoms with Gasteiger partial charge in [-0.1, -0.05) is 29.3 Å². The molecule has 29 heavy (non-hydrogen) atoms. The number of amides is 1. The number of hydrogen-bond acceptors (Lipinski definition) is 6. The van der Waals surface area contributed by atoms with Crippen LogP contribution in [0.25, 0.3) is 11.0 Å². The molecule has 0 spiro atoms. The second kappa shape index (κ2) is 8.98. The zero-order valence-electron chi connectivity index (χ0n) is 15.2. The number of esters is 1. The molecule has 0 unspecified atom stereocenters. The molecule has 1 amide bonds. The lowest BCUT2D eigenvalue weighted by Gasteiger charge is -2.10. The predicted molar refractivity (Wildman–Crippen MR) is 109 cm³/mol. The van der Waals surface area contributed by atoms with Gasteiger partial charge in [-0.05, 0) is 36.8 Å². The molecule has 2 aromatic carbocycles. The van der Waals surface area contributed by atoms with Crippen LogP contribution in [0, 0.1) is 6.92 Å². The predicted octanol–water partition coefficient (Wildman–Crippen LogP) is 3.97. The van der Waals surface area contributed by atoms with E-state index in [0.29, 0.717) is 17.0 Å². The van der Waals surface area contributed by atoms with Crippen LogP contribution in [-0.2, 0) is 14.3 Å². The van der Waals surface area contributed by atoms with Gasteiger partial charge in [-0.25, -0.2) is 9.59 Å². The SMILES string of the molecule is Cc1cc(=O)oc2cc(OCC(=O)OCC(=O)Nc3cccc(Cl)c3Cl)ccc12. The Labute approximate surface area is 175 Å². The molecule has 1 aromatic heterocycles. The highest BCUT2D eigenvalue weighted by Gasteiger charge is 2.12. The Kier molecular flexibility index (Phi) is 6.41. The van der Waals surface area contributed by atoms with E-state index < -0.39 is 30.7 Å². The highest BCUT2D eigenvalue weighted by atomic mass is 35.5. The quantitative estimate of drug-likeness (QED) is 0.464. The molecule has 0 atom stereocenters. The van der Waals surface area contributed by atoms with Crippen molar-refractivity contribution in [3.05, 3.63) is 68.5 Å². The largest absolute Gasteiger partial charge is 0.482 e. The number of carbonyl (C=O) groups is 2. The van der Waals surface area contributed by atoms with E-state index in [0.717, 1.165) is 10.9 Å². The van der Waals surface area contributed by atoms with Crippen molar-refractivity contribution in [2.45, 2.75) is 6.92 Å². The van der Waals surface area contributed by atoms with Crippen molar-refractivity contribution in [3.63, 3.8) is 0 Å². The van der Waals surface area contributed by atoms with Gasteiger partial charge in [0, 0.05) is 17.5 Å². The van der Waals surface area contributed by atoms with Gasteiger partial charge >= 0.3 is 11.6 Å². The fraction of sp³-hybridized carbons (Fsp3) is 0.150. The number of hydrogen-bond donors (Lipinski definition) is 1. The smallest absolute Gasteiger partial charge is 0.344 e. The average molecular weight is 436 g/mol. The molecule has 0 aliphatic rings. The average Bonchev–Trinajstić information content (AvgIpc) is 2.68. The number of halogens is 2. The zero-order valence-corrected chi connectivity index (χ0v) is 16.7. The molecular weight excluding hydrogens is 421 g/mol. The summed E-state index contributed by atoms with van der Waals surface area (Å²) < 4.78 is 15.3. The van der Waals surface area contributed by atoms with Crippen molar-refractivity contribution in [3.8, 4) is 5.75 Å². The van der Waals surface area contributed by atoms with Crippen molar-refractivity contribution in [2.24, 2.45) is 0 Å². The normalized spacial score (nSPS) is 10.6. The molecule has 0 radical (unpaired) electrons. The first kappa shape index (κ1) is 20.7. The second-order valence-corrected chi connectivity index (χ2v) is 6.79. The minimum atomic E-state index is -0.747. The number of anilines is 1. The molecule has 3 rings (SSSR count). The third-order valence-corrected chi connectivity index (χ3v) is 4.69. The molecule has 0 bridgehead atoms. The van der Waals surface area contributed by atoms with Crippen LogP contribution in [0.4, 0.5) is 5.69 Å². The van der Waals surface area contributed by atoms with Crippen LogP contribution in [-0.4, -0.2) is 25.1 Å². The minimum Gasteiger partial charge on any atom is -0.482 e. The number of benzene rings is 2. The van der Waals surface area contributed by atoms with E-state index in [4.69, 9.17) is 37.1 Å². The van der Waals surface area contributed by atoms with Crippen LogP contribution in [0.2, 0.25) is 10.0 Å². The molecule has 9 heteroatoms. The highest BCUT2D eigenvalue weighted by Crippen LogP contribution is 2.29. The van der Waals surface area contributed by atoms with Gasteiger partial charge in [-0.3, -0.25) is 4.79 Å². The first-order chi connectivity index (χ1) is 13.8. The van der Waals surface area contributed by atoms with Crippen molar-refractivity contribution in [1.29, 1.82) is 0 Å². The summed E-state index contributed by atoms with van der Waals surface area (Å²) in [6.07, 6.45) is 0. The second-order valence-electron chi connectivity index (χ2n) is 6.01. The molecule has 3 aromatic rings. The van der Waals surface area contributed by atoms with E-state index in [-0.39, 0.29) is 10.0 Å². The first-order valence-corrected chi connectivity index (χ1v) is 9.16.